The van der Waals surface area contributed by atoms with Crippen molar-refractivity contribution in [3.63, 3.8) is 0 Å². The minimum atomic E-state index is -3.67. The molecule has 6 nitrogen and oxygen atoms in total. The lowest BCUT2D eigenvalue weighted by atomic mass is 9.92. The average molecular weight is 381 g/mol. The summed E-state index contributed by atoms with van der Waals surface area (Å²) in [5.41, 5.74) is 0.429. The van der Waals surface area contributed by atoms with Gasteiger partial charge in [-0.15, -0.1) is 11.3 Å². The van der Waals surface area contributed by atoms with Crippen LogP contribution >= 0.6 is 11.3 Å². The molecular formula is C17H19NO5S2. The number of sulfone groups is 1. The van der Waals surface area contributed by atoms with E-state index in [4.69, 9.17) is 9.15 Å². The van der Waals surface area contributed by atoms with Crippen molar-refractivity contribution in [3.8, 4) is 17.2 Å². The van der Waals surface area contributed by atoms with Crippen LogP contribution in [0.15, 0.2) is 14.7 Å². The number of ether oxygens (including phenoxy) is 1. The maximum atomic E-state index is 12.2. The van der Waals surface area contributed by atoms with Gasteiger partial charge < -0.3 is 9.15 Å². The normalized spacial score (nSPS) is 12.0. The van der Waals surface area contributed by atoms with E-state index in [1.165, 1.54) is 7.11 Å². The zero-order valence-corrected chi connectivity index (χ0v) is 16.5. The van der Waals surface area contributed by atoms with Gasteiger partial charge in [-0.25, -0.2) is 13.2 Å². The molecule has 0 bridgehead atoms. The van der Waals surface area contributed by atoms with Gasteiger partial charge in [-0.2, -0.15) is 5.26 Å². The van der Waals surface area contributed by atoms with E-state index in [1.807, 2.05) is 26.8 Å². The monoisotopic (exact) mass is 381 g/mol. The molecular weight excluding hydrogens is 362 g/mol. The van der Waals surface area contributed by atoms with E-state index in [0.717, 1.165) is 17.6 Å². The first kappa shape index (κ1) is 19.2. The maximum absolute atomic E-state index is 12.2. The number of furan rings is 1. The van der Waals surface area contributed by atoms with Gasteiger partial charge >= 0.3 is 5.97 Å². The molecule has 2 heterocycles. The molecule has 0 saturated heterocycles. The third-order valence-corrected chi connectivity index (χ3v) is 6.62. The zero-order valence-electron chi connectivity index (χ0n) is 14.9. The lowest BCUT2D eigenvalue weighted by Crippen LogP contribution is -2.09. The molecule has 0 fully saturated rings. The average Bonchev–Trinajstić information content (AvgIpc) is 3.05. The molecule has 0 spiro atoms. The van der Waals surface area contributed by atoms with Crippen LogP contribution < -0.4 is 0 Å². The number of methoxy groups -OCH3 is 1. The summed E-state index contributed by atoms with van der Waals surface area (Å²) in [6, 6.07) is 3.67. The molecule has 2 aromatic heterocycles. The molecule has 0 aromatic carbocycles. The summed E-state index contributed by atoms with van der Waals surface area (Å²) in [6.45, 7) is 7.62. The number of carbonyl (C=O) groups is 1. The Morgan fingerprint density at radius 2 is 1.96 bits per heavy atom. The Balaban J connectivity index is 2.90. The second kappa shape index (κ2) is 6.32. The minimum absolute atomic E-state index is 0.0581. The third kappa shape index (κ3) is 3.48. The molecule has 2 rings (SSSR count). The molecule has 0 aliphatic carbocycles. The Morgan fingerprint density at radius 1 is 1.36 bits per heavy atom. The second-order valence-corrected chi connectivity index (χ2v) is 9.91. The molecule has 0 amide bonds. The first-order chi connectivity index (χ1) is 11.4. The van der Waals surface area contributed by atoms with Crippen molar-refractivity contribution in [2.24, 2.45) is 0 Å². The van der Waals surface area contributed by atoms with Crippen molar-refractivity contribution in [2.45, 2.75) is 37.3 Å². The number of aryl methyl sites for hydroxylation is 1. The summed E-state index contributed by atoms with van der Waals surface area (Å²) in [6.07, 6.45) is 1.01. The van der Waals surface area contributed by atoms with E-state index >= 15 is 0 Å². The first-order valence-corrected chi connectivity index (χ1v) is 10.1. The smallest absolute Gasteiger partial charge is 0.348 e. The Kier molecular flexibility index (Phi) is 4.86. The summed E-state index contributed by atoms with van der Waals surface area (Å²) in [4.78, 5) is 12.3. The molecule has 0 aliphatic heterocycles. The molecule has 0 unspecified atom stereocenters. The van der Waals surface area contributed by atoms with Gasteiger partial charge in [0.25, 0.3) is 0 Å². The lowest BCUT2D eigenvalue weighted by Gasteiger charge is -2.13. The maximum Gasteiger partial charge on any atom is 0.348 e. The number of hydrogen-bond donors (Lipinski definition) is 0. The summed E-state index contributed by atoms with van der Waals surface area (Å²) < 4.78 is 34.5. The number of hydrogen-bond acceptors (Lipinski definition) is 7. The summed E-state index contributed by atoms with van der Waals surface area (Å²) >= 11 is 0.744. The van der Waals surface area contributed by atoms with Crippen LogP contribution in [0.4, 0.5) is 0 Å². The van der Waals surface area contributed by atoms with Gasteiger partial charge in [-0.05, 0) is 13.0 Å². The van der Waals surface area contributed by atoms with Gasteiger partial charge in [0, 0.05) is 22.8 Å². The number of nitriles is 1. The summed E-state index contributed by atoms with van der Waals surface area (Å²) in [7, 11) is -2.46. The van der Waals surface area contributed by atoms with Crippen molar-refractivity contribution < 1.29 is 22.4 Å². The quantitative estimate of drug-likeness (QED) is 0.752. The summed E-state index contributed by atoms with van der Waals surface area (Å²) in [5, 5.41) is 9.56. The molecule has 0 saturated carbocycles. The highest BCUT2D eigenvalue weighted by Gasteiger charge is 2.32. The molecule has 8 heteroatoms. The molecule has 0 N–H and O–H groups in total. The summed E-state index contributed by atoms with van der Waals surface area (Å²) in [5.74, 6) is 0.487. The van der Waals surface area contributed by atoms with E-state index in [9.17, 15) is 18.5 Å². The van der Waals surface area contributed by atoms with Crippen LogP contribution in [0.5, 0.6) is 0 Å². The third-order valence-electron chi connectivity index (χ3n) is 3.62. The van der Waals surface area contributed by atoms with Crippen LogP contribution in [0, 0.1) is 18.3 Å². The first-order valence-electron chi connectivity index (χ1n) is 7.38. The zero-order chi connectivity index (χ0) is 19.2. The van der Waals surface area contributed by atoms with Gasteiger partial charge in [0.2, 0.25) is 0 Å². The van der Waals surface area contributed by atoms with Gasteiger partial charge in [-0.1, -0.05) is 20.8 Å². The predicted octanol–water partition coefficient (Wildman–Crippen LogP) is 3.68. The van der Waals surface area contributed by atoms with E-state index in [-0.39, 0.29) is 25.6 Å². The Hall–Kier alpha value is -2.11. The van der Waals surface area contributed by atoms with Crippen molar-refractivity contribution >= 4 is 27.1 Å². The van der Waals surface area contributed by atoms with Crippen LogP contribution in [-0.2, 0) is 20.0 Å². The molecule has 134 valence electrons. The van der Waals surface area contributed by atoms with E-state index in [1.54, 1.807) is 13.0 Å². The SMILES string of the molecule is COC(=O)c1sc(S(C)(=O)=O)c(C#N)c1-c1cc(C(C)(C)C)oc1C. The van der Waals surface area contributed by atoms with Crippen molar-refractivity contribution in [1.29, 1.82) is 5.26 Å². The highest BCUT2D eigenvalue weighted by atomic mass is 32.2. The Bertz CT molecular complexity index is 982. The number of carbonyl (C=O) groups excluding carboxylic acids is 1. The van der Waals surface area contributed by atoms with Gasteiger partial charge in [-0.3, -0.25) is 0 Å². The largest absolute Gasteiger partial charge is 0.465 e. The second-order valence-electron chi connectivity index (χ2n) is 6.67. The fourth-order valence-electron chi connectivity index (χ4n) is 2.37. The van der Waals surface area contributed by atoms with Gasteiger partial charge in [0.15, 0.2) is 9.84 Å². The van der Waals surface area contributed by atoms with Crippen molar-refractivity contribution in [2.75, 3.05) is 13.4 Å². The Labute approximate surface area is 151 Å². The van der Waals surface area contributed by atoms with Crippen LogP contribution in [0.25, 0.3) is 11.1 Å². The van der Waals surface area contributed by atoms with E-state index in [2.05, 4.69) is 0 Å². The van der Waals surface area contributed by atoms with Gasteiger partial charge in [0.1, 0.15) is 26.7 Å². The van der Waals surface area contributed by atoms with Crippen molar-refractivity contribution in [3.05, 3.63) is 28.0 Å². The number of esters is 1. The predicted molar refractivity (Wildman–Crippen MR) is 94.6 cm³/mol. The highest BCUT2D eigenvalue weighted by molar-refractivity contribution is 7.92. The van der Waals surface area contributed by atoms with E-state index < -0.39 is 15.8 Å². The fraction of sp³-hybridized carbons (Fsp3) is 0.412. The van der Waals surface area contributed by atoms with Crippen LogP contribution in [0.1, 0.15) is 47.5 Å². The molecule has 2 aromatic rings. The Morgan fingerprint density at radius 3 is 2.36 bits per heavy atom. The highest BCUT2D eigenvalue weighted by Crippen LogP contribution is 2.42. The number of rotatable bonds is 3. The van der Waals surface area contributed by atoms with Crippen molar-refractivity contribution in [1.82, 2.24) is 0 Å². The molecule has 25 heavy (non-hydrogen) atoms. The van der Waals surface area contributed by atoms with Crippen LogP contribution in [-0.4, -0.2) is 27.8 Å². The molecule has 0 atom stereocenters. The number of nitrogens with zero attached hydrogens (tertiary/aromatic N) is 1. The topological polar surface area (TPSA) is 97.4 Å². The van der Waals surface area contributed by atoms with Crippen LogP contribution in [0.2, 0.25) is 0 Å². The standard InChI is InChI=1S/C17H19NO5S2/c1-9-10(7-12(23-9)17(2,3)4)13-11(8-18)16(25(6,20)21)24-14(13)15(19)22-5/h7H,1-6H3. The van der Waals surface area contributed by atoms with E-state index in [0.29, 0.717) is 17.1 Å². The fourth-order valence-corrected chi connectivity index (χ4v) is 4.66. The number of thiophene rings is 1. The minimum Gasteiger partial charge on any atom is -0.465 e. The van der Waals surface area contributed by atoms with Crippen LogP contribution in [0.3, 0.4) is 0 Å². The lowest BCUT2D eigenvalue weighted by molar-refractivity contribution is 0.0607. The molecule has 0 aliphatic rings. The molecule has 0 radical (unpaired) electrons. The van der Waals surface area contributed by atoms with Gasteiger partial charge in [0.05, 0.1) is 12.7 Å².